The maximum Gasteiger partial charge on any atom is 0.160 e. The van der Waals surface area contributed by atoms with Crippen molar-refractivity contribution in [2.24, 2.45) is 0 Å². The van der Waals surface area contributed by atoms with Crippen molar-refractivity contribution in [3.05, 3.63) is 65.4 Å². The van der Waals surface area contributed by atoms with Gasteiger partial charge in [-0.1, -0.05) is 18.2 Å². The zero-order valence-corrected chi connectivity index (χ0v) is 14.1. The van der Waals surface area contributed by atoms with Crippen LogP contribution in [0.5, 0.6) is 17.2 Å². The van der Waals surface area contributed by atoms with Gasteiger partial charge in [-0.05, 0) is 48.2 Å². The largest absolute Gasteiger partial charge is 0.512 e. The molecule has 0 spiro atoms. The quantitative estimate of drug-likeness (QED) is 0.503. The summed E-state index contributed by atoms with van der Waals surface area (Å²) in [6, 6.07) is 11.7. The van der Waals surface area contributed by atoms with Crippen LogP contribution >= 0.6 is 0 Å². The number of rotatable bonds is 8. The van der Waals surface area contributed by atoms with Crippen LogP contribution in [-0.2, 0) is 17.6 Å². The normalized spacial score (nSPS) is 11.3. The van der Waals surface area contributed by atoms with Crippen LogP contribution in [0.4, 0.5) is 0 Å². The highest BCUT2D eigenvalue weighted by Crippen LogP contribution is 2.27. The van der Waals surface area contributed by atoms with E-state index in [1.807, 2.05) is 0 Å². The van der Waals surface area contributed by atoms with Gasteiger partial charge < -0.3 is 20.1 Å². The van der Waals surface area contributed by atoms with Crippen LogP contribution in [0.2, 0.25) is 0 Å². The van der Waals surface area contributed by atoms with E-state index in [2.05, 4.69) is 0 Å². The second kappa shape index (κ2) is 8.78. The molecule has 132 valence electrons. The van der Waals surface area contributed by atoms with Gasteiger partial charge in [-0.3, -0.25) is 4.79 Å². The first kappa shape index (κ1) is 18.4. The van der Waals surface area contributed by atoms with E-state index in [1.54, 1.807) is 36.4 Å². The van der Waals surface area contributed by atoms with Crippen LogP contribution in [0.25, 0.3) is 0 Å². The highest BCUT2D eigenvalue weighted by atomic mass is 16.5. The number of ether oxygens (including phenoxy) is 1. The van der Waals surface area contributed by atoms with Crippen LogP contribution < -0.4 is 4.74 Å². The number of aromatic hydroxyl groups is 2. The first-order valence-corrected chi connectivity index (χ1v) is 8.04. The summed E-state index contributed by atoms with van der Waals surface area (Å²) in [4.78, 5) is 11.9. The Hall–Kier alpha value is -2.95. The number of carbonyl (C=O) groups is 1. The van der Waals surface area contributed by atoms with Crippen molar-refractivity contribution in [2.45, 2.75) is 25.7 Å². The minimum Gasteiger partial charge on any atom is -0.512 e. The van der Waals surface area contributed by atoms with E-state index in [-0.39, 0.29) is 23.0 Å². The molecular formula is C20H22O5. The first-order valence-electron chi connectivity index (χ1n) is 8.04. The molecule has 0 atom stereocenters. The van der Waals surface area contributed by atoms with Crippen molar-refractivity contribution in [1.29, 1.82) is 0 Å². The molecule has 0 bridgehead atoms. The number of hydrogen-bond acceptors (Lipinski definition) is 5. The standard InChI is InChI=1S/C20H22O5/c1-25-20-12-15(6-11-19(20)24)5-10-18(23)13-17(22)9-4-14-2-7-16(21)8-3-14/h2-3,6-8,11-13,21,23-24H,4-5,9-10H2,1H3/b18-13-. The third kappa shape index (κ3) is 5.88. The Morgan fingerprint density at radius 3 is 2.32 bits per heavy atom. The topological polar surface area (TPSA) is 87.0 Å². The molecule has 2 aromatic rings. The Kier molecular flexibility index (Phi) is 6.46. The van der Waals surface area contributed by atoms with Crippen molar-refractivity contribution in [1.82, 2.24) is 0 Å². The summed E-state index contributed by atoms with van der Waals surface area (Å²) in [5.74, 6) is 0.524. The lowest BCUT2D eigenvalue weighted by molar-refractivity contribution is -0.114. The van der Waals surface area contributed by atoms with Crippen molar-refractivity contribution in [2.75, 3.05) is 7.11 Å². The Morgan fingerprint density at radius 2 is 1.64 bits per heavy atom. The molecule has 25 heavy (non-hydrogen) atoms. The smallest absolute Gasteiger partial charge is 0.160 e. The molecule has 3 N–H and O–H groups in total. The minimum atomic E-state index is -0.145. The molecule has 0 saturated carbocycles. The summed E-state index contributed by atoms with van der Waals surface area (Å²) < 4.78 is 5.04. The second-order valence-electron chi connectivity index (χ2n) is 5.77. The van der Waals surface area contributed by atoms with Crippen LogP contribution in [0.1, 0.15) is 24.0 Å². The maximum atomic E-state index is 11.9. The minimum absolute atomic E-state index is 0.0303. The SMILES string of the molecule is COc1cc(CC/C(O)=C/C(=O)CCc2ccc(O)cc2)ccc1O. The number of aryl methyl sites for hydroxylation is 2. The van der Waals surface area contributed by atoms with Crippen LogP contribution in [0.3, 0.4) is 0 Å². The fourth-order valence-corrected chi connectivity index (χ4v) is 2.41. The third-order valence-corrected chi connectivity index (χ3v) is 3.84. The molecular weight excluding hydrogens is 320 g/mol. The van der Waals surface area contributed by atoms with Gasteiger partial charge in [0, 0.05) is 18.9 Å². The molecule has 0 unspecified atom stereocenters. The van der Waals surface area contributed by atoms with Gasteiger partial charge in [0.25, 0.3) is 0 Å². The summed E-state index contributed by atoms with van der Waals surface area (Å²) in [6.45, 7) is 0. The molecule has 0 aliphatic rings. The molecule has 0 aliphatic carbocycles. The van der Waals surface area contributed by atoms with Gasteiger partial charge in [-0.15, -0.1) is 0 Å². The fourth-order valence-electron chi connectivity index (χ4n) is 2.41. The van der Waals surface area contributed by atoms with Gasteiger partial charge in [-0.2, -0.15) is 0 Å². The van der Waals surface area contributed by atoms with Crippen LogP contribution in [0, 0.1) is 0 Å². The lowest BCUT2D eigenvalue weighted by atomic mass is 10.1. The highest BCUT2D eigenvalue weighted by Gasteiger charge is 2.06. The second-order valence-corrected chi connectivity index (χ2v) is 5.77. The Bertz CT molecular complexity index is 747. The monoisotopic (exact) mass is 342 g/mol. The van der Waals surface area contributed by atoms with E-state index >= 15 is 0 Å². The summed E-state index contributed by atoms with van der Waals surface area (Å²) >= 11 is 0. The number of aliphatic hydroxyl groups excluding tert-OH is 1. The Morgan fingerprint density at radius 1 is 1.00 bits per heavy atom. The lowest BCUT2D eigenvalue weighted by Gasteiger charge is -2.06. The highest BCUT2D eigenvalue weighted by molar-refractivity contribution is 5.90. The number of allylic oxidation sites excluding steroid dienone is 2. The lowest BCUT2D eigenvalue weighted by Crippen LogP contribution is -1.99. The van der Waals surface area contributed by atoms with Gasteiger partial charge in [0.1, 0.15) is 5.75 Å². The molecule has 2 rings (SSSR count). The molecule has 0 saturated heterocycles. The number of benzene rings is 2. The average molecular weight is 342 g/mol. The summed E-state index contributed by atoms with van der Waals surface area (Å²) in [6.07, 6.45) is 2.97. The number of ketones is 1. The van der Waals surface area contributed by atoms with Gasteiger partial charge >= 0.3 is 0 Å². The molecule has 0 heterocycles. The number of methoxy groups -OCH3 is 1. The number of phenols is 2. The van der Waals surface area contributed by atoms with Gasteiger partial charge in [0.2, 0.25) is 0 Å². The summed E-state index contributed by atoms with van der Waals surface area (Å²) in [5.41, 5.74) is 1.85. The molecule has 5 heteroatoms. The average Bonchev–Trinajstić information content (AvgIpc) is 2.60. The molecule has 5 nitrogen and oxygen atoms in total. The number of aliphatic hydroxyl groups is 1. The van der Waals surface area contributed by atoms with Gasteiger partial charge in [-0.25, -0.2) is 0 Å². The van der Waals surface area contributed by atoms with E-state index in [4.69, 9.17) is 4.74 Å². The predicted octanol–water partition coefficient (Wildman–Crippen LogP) is 3.68. The molecule has 2 aromatic carbocycles. The van der Waals surface area contributed by atoms with Crippen molar-refractivity contribution >= 4 is 5.78 Å². The third-order valence-electron chi connectivity index (χ3n) is 3.84. The van der Waals surface area contributed by atoms with E-state index in [0.717, 1.165) is 11.1 Å². The van der Waals surface area contributed by atoms with Crippen molar-refractivity contribution in [3.63, 3.8) is 0 Å². The van der Waals surface area contributed by atoms with Crippen molar-refractivity contribution in [3.8, 4) is 17.2 Å². The van der Waals surface area contributed by atoms with E-state index in [9.17, 15) is 20.1 Å². The molecule has 0 radical (unpaired) electrons. The van der Waals surface area contributed by atoms with Crippen molar-refractivity contribution < 1.29 is 24.9 Å². The molecule has 0 aliphatic heterocycles. The van der Waals surface area contributed by atoms with E-state index in [1.165, 1.54) is 19.3 Å². The zero-order chi connectivity index (χ0) is 18.2. The van der Waals surface area contributed by atoms with Crippen LogP contribution in [-0.4, -0.2) is 28.2 Å². The predicted molar refractivity (Wildman–Crippen MR) is 95.1 cm³/mol. The fraction of sp³-hybridized carbons (Fsp3) is 0.250. The Balaban J connectivity index is 1.83. The van der Waals surface area contributed by atoms with Gasteiger partial charge in [0.05, 0.1) is 12.9 Å². The number of phenolic OH excluding ortho intramolecular Hbond substituents is 2. The summed E-state index contributed by atoms with van der Waals surface area (Å²) in [5, 5.41) is 28.7. The maximum absolute atomic E-state index is 11.9. The van der Waals surface area contributed by atoms with Gasteiger partial charge in [0.15, 0.2) is 17.3 Å². The Labute approximate surface area is 146 Å². The first-order chi connectivity index (χ1) is 12.0. The van der Waals surface area contributed by atoms with E-state index in [0.29, 0.717) is 31.4 Å². The number of hydrogen-bond donors (Lipinski definition) is 3. The molecule has 0 aromatic heterocycles. The number of carbonyl (C=O) groups excluding carboxylic acids is 1. The molecule has 0 fully saturated rings. The zero-order valence-electron chi connectivity index (χ0n) is 14.1. The summed E-state index contributed by atoms with van der Waals surface area (Å²) in [7, 11) is 1.48. The van der Waals surface area contributed by atoms with E-state index < -0.39 is 0 Å². The molecule has 0 amide bonds. The van der Waals surface area contributed by atoms with Crippen LogP contribution in [0.15, 0.2) is 54.3 Å².